The first-order valence-electron chi connectivity index (χ1n) is 10.3. The van der Waals surface area contributed by atoms with Crippen molar-refractivity contribution in [3.8, 4) is 28.5 Å². The molecule has 0 amide bonds. The van der Waals surface area contributed by atoms with Crippen LogP contribution >= 0.6 is 11.6 Å². The molecule has 4 aromatic rings. The summed E-state index contributed by atoms with van der Waals surface area (Å²) in [6.45, 7) is -0.405. The molecule has 10 nitrogen and oxygen atoms in total. The third kappa shape index (κ3) is 5.22. The number of hydrogen-bond acceptors (Lipinski definition) is 8. The third-order valence-corrected chi connectivity index (χ3v) is 5.16. The van der Waals surface area contributed by atoms with Crippen LogP contribution in [0.3, 0.4) is 0 Å². The standard InChI is InChI=1S/C21H22ClF2N9O/c1-12(5-8-34-20-14(11-28-32(20)2)19-26-6-3-18(25)30-19)29-16-9-17(22)27-10-13(16)15-4-7-33(31-15)21(23)24/h3-4,6-7,9-12,21H,5,8H2,1-2H3,(H,27,29)(H2,25,26,30)/t12-/m0/s1. The minimum Gasteiger partial charge on any atom is -0.477 e. The Hall–Kier alpha value is -3.80. The molecular weight excluding hydrogens is 468 g/mol. The van der Waals surface area contributed by atoms with E-state index in [9.17, 15) is 8.78 Å². The van der Waals surface area contributed by atoms with Crippen LogP contribution in [0.1, 0.15) is 19.9 Å². The fraction of sp³-hybridized carbons (Fsp3) is 0.286. The molecule has 0 fully saturated rings. The van der Waals surface area contributed by atoms with Crippen molar-refractivity contribution in [1.29, 1.82) is 0 Å². The molecule has 34 heavy (non-hydrogen) atoms. The Bertz CT molecular complexity index is 1280. The zero-order valence-corrected chi connectivity index (χ0v) is 19.1. The molecule has 1 atom stereocenters. The van der Waals surface area contributed by atoms with Gasteiger partial charge in [0.05, 0.1) is 18.5 Å². The average Bonchev–Trinajstić information content (AvgIpc) is 3.42. The molecule has 4 rings (SSSR count). The molecule has 0 aliphatic heterocycles. The lowest BCUT2D eigenvalue weighted by atomic mass is 10.1. The molecule has 0 spiro atoms. The van der Waals surface area contributed by atoms with Crippen molar-refractivity contribution in [3.05, 3.63) is 48.1 Å². The summed E-state index contributed by atoms with van der Waals surface area (Å²) in [5.41, 5.74) is 7.94. The van der Waals surface area contributed by atoms with Gasteiger partial charge in [0.25, 0.3) is 0 Å². The lowest BCUT2D eigenvalue weighted by Gasteiger charge is -2.18. The molecule has 0 unspecified atom stereocenters. The molecule has 0 radical (unpaired) electrons. The number of pyridine rings is 1. The first-order valence-corrected chi connectivity index (χ1v) is 10.7. The van der Waals surface area contributed by atoms with Crippen LogP contribution in [-0.2, 0) is 7.05 Å². The predicted molar refractivity (Wildman–Crippen MR) is 124 cm³/mol. The van der Waals surface area contributed by atoms with Crippen molar-refractivity contribution >= 4 is 23.1 Å². The van der Waals surface area contributed by atoms with Gasteiger partial charge in [-0.25, -0.2) is 24.3 Å². The zero-order valence-electron chi connectivity index (χ0n) is 18.4. The van der Waals surface area contributed by atoms with Crippen molar-refractivity contribution < 1.29 is 13.5 Å². The van der Waals surface area contributed by atoms with E-state index in [1.165, 1.54) is 18.5 Å². The summed E-state index contributed by atoms with van der Waals surface area (Å²) in [7, 11) is 1.76. The van der Waals surface area contributed by atoms with E-state index in [1.807, 2.05) is 6.92 Å². The van der Waals surface area contributed by atoms with Gasteiger partial charge in [-0.15, -0.1) is 0 Å². The summed E-state index contributed by atoms with van der Waals surface area (Å²) in [4.78, 5) is 12.5. The maximum absolute atomic E-state index is 12.9. The Morgan fingerprint density at radius 1 is 1.21 bits per heavy atom. The van der Waals surface area contributed by atoms with Crippen LogP contribution in [0.5, 0.6) is 5.88 Å². The topological polar surface area (TPSA) is 122 Å². The second kappa shape index (κ2) is 10.00. The Morgan fingerprint density at radius 2 is 2.03 bits per heavy atom. The van der Waals surface area contributed by atoms with Crippen LogP contribution in [-0.4, -0.2) is 47.2 Å². The molecule has 4 heterocycles. The summed E-state index contributed by atoms with van der Waals surface area (Å²) < 4.78 is 34.0. The molecule has 0 aromatic carbocycles. The van der Waals surface area contributed by atoms with Gasteiger partial charge in [0.15, 0.2) is 5.82 Å². The quantitative estimate of drug-likeness (QED) is 0.338. The van der Waals surface area contributed by atoms with Crippen molar-refractivity contribution in [2.75, 3.05) is 17.7 Å². The Kier molecular flexibility index (Phi) is 6.87. The Labute approximate surface area is 198 Å². The smallest absolute Gasteiger partial charge is 0.333 e. The van der Waals surface area contributed by atoms with E-state index in [4.69, 9.17) is 22.1 Å². The molecule has 178 valence electrons. The predicted octanol–water partition coefficient (Wildman–Crippen LogP) is 4.04. The number of ether oxygens (including phenoxy) is 1. The fourth-order valence-corrected chi connectivity index (χ4v) is 3.42. The van der Waals surface area contributed by atoms with E-state index < -0.39 is 6.55 Å². The summed E-state index contributed by atoms with van der Waals surface area (Å²) >= 11 is 6.07. The Morgan fingerprint density at radius 3 is 2.76 bits per heavy atom. The van der Waals surface area contributed by atoms with Gasteiger partial charge in [0, 0.05) is 49.4 Å². The van der Waals surface area contributed by atoms with E-state index in [0.717, 1.165) is 0 Å². The van der Waals surface area contributed by atoms with Crippen LogP contribution in [0, 0.1) is 0 Å². The number of aryl methyl sites for hydroxylation is 1. The molecule has 0 bridgehead atoms. The largest absolute Gasteiger partial charge is 0.477 e. The number of rotatable bonds is 9. The first kappa shape index (κ1) is 23.4. The number of nitrogens with one attached hydrogen (secondary N) is 1. The normalized spacial score (nSPS) is 12.2. The maximum Gasteiger partial charge on any atom is 0.333 e. The van der Waals surface area contributed by atoms with Crippen molar-refractivity contribution in [2.24, 2.45) is 7.05 Å². The molecule has 0 saturated carbocycles. The molecule has 0 aliphatic rings. The van der Waals surface area contributed by atoms with Gasteiger partial charge in [-0.1, -0.05) is 11.6 Å². The van der Waals surface area contributed by atoms with Crippen LogP contribution in [0.2, 0.25) is 5.15 Å². The molecule has 13 heteroatoms. The number of halogens is 3. The molecule has 3 N–H and O–H groups in total. The number of nitrogens with two attached hydrogens (primary N) is 1. The molecular formula is C21H22ClF2N9O. The van der Waals surface area contributed by atoms with E-state index in [2.05, 4.69) is 30.5 Å². The minimum absolute atomic E-state index is 0.0605. The van der Waals surface area contributed by atoms with Gasteiger partial charge in [-0.2, -0.15) is 19.0 Å². The minimum atomic E-state index is -2.73. The van der Waals surface area contributed by atoms with Crippen molar-refractivity contribution in [2.45, 2.75) is 25.9 Å². The van der Waals surface area contributed by atoms with E-state index in [-0.39, 0.29) is 11.2 Å². The molecule has 0 saturated heterocycles. The highest BCUT2D eigenvalue weighted by Crippen LogP contribution is 2.30. The van der Waals surface area contributed by atoms with Gasteiger partial charge < -0.3 is 15.8 Å². The van der Waals surface area contributed by atoms with Crippen LogP contribution < -0.4 is 15.8 Å². The summed E-state index contributed by atoms with van der Waals surface area (Å²) in [5.74, 6) is 1.29. The van der Waals surface area contributed by atoms with Crippen molar-refractivity contribution in [1.82, 2.24) is 34.5 Å². The maximum atomic E-state index is 12.9. The highest BCUT2D eigenvalue weighted by molar-refractivity contribution is 6.29. The van der Waals surface area contributed by atoms with E-state index in [1.54, 1.807) is 36.3 Å². The van der Waals surface area contributed by atoms with E-state index in [0.29, 0.717) is 57.7 Å². The number of aromatic nitrogens is 7. The fourth-order valence-electron chi connectivity index (χ4n) is 3.27. The van der Waals surface area contributed by atoms with Gasteiger partial charge in [0.1, 0.15) is 16.5 Å². The second-order valence-electron chi connectivity index (χ2n) is 7.49. The zero-order chi connectivity index (χ0) is 24.2. The number of alkyl halides is 2. The van der Waals surface area contributed by atoms with Crippen LogP contribution in [0.15, 0.2) is 43.0 Å². The lowest BCUT2D eigenvalue weighted by Crippen LogP contribution is -2.19. The van der Waals surface area contributed by atoms with Gasteiger partial charge in [-0.05, 0) is 25.1 Å². The SMILES string of the molecule is C[C@@H](CCOc1c(-c2nccc(N)n2)cnn1C)Nc1cc(Cl)ncc1-c1ccn(C(F)F)n1. The monoisotopic (exact) mass is 489 g/mol. The number of nitrogen functional groups attached to an aromatic ring is 1. The molecule has 0 aliphatic carbocycles. The summed E-state index contributed by atoms with van der Waals surface area (Å²) in [6, 6.07) is 4.67. The third-order valence-electron chi connectivity index (χ3n) is 4.95. The lowest BCUT2D eigenvalue weighted by molar-refractivity contribution is 0.0568. The Balaban J connectivity index is 1.43. The number of hydrogen-bond donors (Lipinski definition) is 2. The van der Waals surface area contributed by atoms with Crippen LogP contribution in [0.4, 0.5) is 20.3 Å². The van der Waals surface area contributed by atoms with Crippen LogP contribution in [0.25, 0.3) is 22.6 Å². The van der Waals surface area contributed by atoms with E-state index >= 15 is 0 Å². The number of anilines is 2. The number of nitrogens with zero attached hydrogens (tertiary/aromatic N) is 7. The molecule has 4 aromatic heterocycles. The second-order valence-corrected chi connectivity index (χ2v) is 7.87. The highest BCUT2D eigenvalue weighted by Gasteiger charge is 2.17. The van der Waals surface area contributed by atoms with Gasteiger partial charge in [0.2, 0.25) is 5.88 Å². The first-order chi connectivity index (χ1) is 16.3. The van der Waals surface area contributed by atoms with Gasteiger partial charge in [-0.3, -0.25) is 0 Å². The van der Waals surface area contributed by atoms with Crippen molar-refractivity contribution in [3.63, 3.8) is 0 Å². The summed E-state index contributed by atoms with van der Waals surface area (Å²) in [5, 5.41) is 11.7. The summed E-state index contributed by atoms with van der Waals surface area (Å²) in [6.07, 6.45) is 6.51. The average molecular weight is 490 g/mol. The highest BCUT2D eigenvalue weighted by atomic mass is 35.5. The van der Waals surface area contributed by atoms with Gasteiger partial charge >= 0.3 is 6.55 Å².